The van der Waals surface area contributed by atoms with E-state index in [2.05, 4.69) is 6.92 Å². The summed E-state index contributed by atoms with van der Waals surface area (Å²) in [5.41, 5.74) is 5.33. The number of rotatable bonds is 16. The number of ether oxygens (including phenoxy) is 1. The minimum absolute atomic E-state index is 0.0607. The molecular weight excluding hydrogens is 537 g/mol. The molecule has 0 aromatic heterocycles. The van der Waals surface area contributed by atoms with E-state index < -0.39 is 29.5 Å². The fourth-order valence-electron chi connectivity index (χ4n) is 4.78. The van der Waals surface area contributed by atoms with E-state index in [0.717, 1.165) is 50.3 Å². The third-order valence-corrected chi connectivity index (χ3v) is 8.39. The molecule has 2 heterocycles. The van der Waals surface area contributed by atoms with Crippen molar-refractivity contribution < 1.29 is 27.8 Å². The SMILES string of the molecule is CCCCCCCCCCN.O=C(O)C1=CC=CN(CC2CCCOC2)C1SCCC(F)(F)c1ccc(F)cc1. The van der Waals surface area contributed by atoms with Crippen molar-refractivity contribution in [3.8, 4) is 0 Å². The van der Waals surface area contributed by atoms with Crippen LogP contribution in [0.25, 0.3) is 0 Å². The second kappa shape index (κ2) is 19.2. The summed E-state index contributed by atoms with van der Waals surface area (Å²) >= 11 is 1.19. The monoisotopic (exact) mass is 584 g/mol. The predicted octanol–water partition coefficient (Wildman–Crippen LogP) is 7.72. The smallest absolute Gasteiger partial charge is 0.334 e. The van der Waals surface area contributed by atoms with Crippen LogP contribution in [-0.2, 0) is 15.5 Å². The Morgan fingerprint density at radius 2 is 1.80 bits per heavy atom. The van der Waals surface area contributed by atoms with Crippen LogP contribution in [0.3, 0.4) is 0 Å². The molecule has 2 atom stereocenters. The maximum Gasteiger partial charge on any atom is 0.334 e. The van der Waals surface area contributed by atoms with Crippen molar-refractivity contribution in [3.63, 3.8) is 0 Å². The third kappa shape index (κ3) is 12.7. The lowest BCUT2D eigenvalue weighted by atomic mass is 10.0. The van der Waals surface area contributed by atoms with Gasteiger partial charge in [-0.25, -0.2) is 18.0 Å². The molecule has 5 nitrogen and oxygen atoms in total. The molecule has 2 aliphatic rings. The number of nitrogens with two attached hydrogens (primary N) is 1. The average Bonchev–Trinajstić information content (AvgIpc) is 2.94. The summed E-state index contributed by atoms with van der Waals surface area (Å²) in [5.74, 6) is -4.38. The van der Waals surface area contributed by atoms with Crippen LogP contribution in [0, 0.1) is 11.7 Å². The average molecular weight is 585 g/mol. The van der Waals surface area contributed by atoms with Gasteiger partial charge >= 0.3 is 5.97 Å². The fourth-order valence-corrected chi connectivity index (χ4v) is 6.08. The molecule has 0 bridgehead atoms. The molecule has 3 rings (SSSR count). The highest BCUT2D eigenvalue weighted by Crippen LogP contribution is 2.36. The van der Waals surface area contributed by atoms with Crippen molar-refractivity contribution in [1.29, 1.82) is 0 Å². The second-order valence-electron chi connectivity index (χ2n) is 10.5. The highest BCUT2D eigenvalue weighted by Gasteiger charge is 2.34. The number of halogens is 3. The van der Waals surface area contributed by atoms with Crippen molar-refractivity contribution in [1.82, 2.24) is 4.90 Å². The van der Waals surface area contributed by atoms with E-state index in [4.69, 9.17) is 10.5 Å². The number of thioether (sulfide) groups is 1. The molecule has 2 aliphatic heterocycles. The van der Waals surface area contributed by atoms with Crippen LogP contribution in [0.4, 0.5) is 13.2 Å². The van der Waals surface area contributed by atoms with Gasteiger partial charge in [-0.05, 0) is 56.0 Å². The molecule has 0 radical (unpaired) electrons. The summed E-state index contributed by atoms with van der Waals surface area (Å²) in [6.45, 7) is 5.11. The Bertz CT molecular complexity index is 898. The molecule has 1 aromatic carbocycles. The number of benzene rings is 1. The largest absolute Gasteiger partial charge is 0.478 e. The molecular formula is C31H47F3N2O3S. The lowest BCUT2D eigenvalue weighted by Crippen LogP contribution is -2.39. The van der Waals surface area contributed by atoms with Gasteiger partial charge in [-0.2, -0.15) is 0 Å². The van der Waals surface area contributed by atoms with Crippen LogP contribution in [0.15, 0.2) is 48.2 Å². The molecule has 3 N–H and O–H groups in total. The van der Waals surface area contributed by atoms with E-state index in [1.54, 1.807) is 6.08 Å². The van der Waals surface area contributed by atoms with Gasteiger partial charge in [0.15, 0.2) is 0 Å². The highest BCUT2D eigenvalue weighted by molar-refractivity contribution is 8.00. The summed E-state index contributed by atoms with van der Waals surface area (Å²) in [5, 5.41) is 9.01. The Kier molecular flexibility index (Phi) is 16.4. The lowest BCUT2D eigenvalue weighted by Gasteiger charge is -2.36. The number of carbonyl (C=O) groups is 1. The molecule has 9 heteroatoms. The Balaban J connectivity index is 0.000000432. The van der Waals surface area contributed by atoms with E-state index >= 15 is 0 Å². The van der Waals surface area contributed by atoms with Gasteiger partial charge < -0.3 is 20.5 Å². The minimum Gasteiger partial charge on any atom is -0.478 e. The lowest BCUT2D eigenvalue weighted by molar-refractivity contribution is -0.133. The first-order valence-electron chi connectivity index (χ1n) is 14.7. The zero-order valence-corrected chi connectivity index (χ0v) is 24.7. The maximum absolute atomic E-state index is 14.5. The summed E-state index contributed by atoms with van der Waals surface area (Å²) in [7, 11) is 0. The molecule has 1 aromatic rings. The standard InChI is InChI=1S/C21H24F3NO3S.C10H23N/c22-17-7-5-16(6-8-17)21(23,24)9-12-29-19-18(20(26)27)4-1-10-25(19)13-15-3-2-11-28-14-15;1-2-3-4-5-6-7-8-9-10-11/h1,4-8,10,15,19H,2-3,9,11-14H2,(H,26,27);2-11H2,1H3. The Morgan fingerprint density at radius 1 is 1.12 bits per heavy atom. The number of aliphatic carboxylic acids is 1. The van der Waals surface area contributed by atoms with Crippen LogP contribution >= 0.6 is 11.8 Å². The van der Waals surface area contributed by atoms with Gasteiger partial charge in [0.05, 0.1) is 12.2 Å². The van der Waals surface area contributed by atoms with Crippen molar-refractivity contribution >= 4 is 17.7 Å². The number of alkyl halides is 2. The van der Waals surface area contributed by atoms with Crippen LogP contribution < -0.4 is 5.73 Å². The molecule has 40 heavy (non-hydrogen) atoms. The van der Waals surface area contributed by atoms with Crippen molar-refractivity contribution in [3.05, 3.63) is 59.6 Å². The van der Waals surface area contributed by atoms with Crippen molar-refractivity contribution in [2.24, 2.45) is 11.7 Å². The Morgan fingerprint density at radius 3 is 2.40 bits per heavy atom. The van der Waals surface area contributed by atoms with Gasteiger partial charge in [-0.15, -0.1) is 11.8 Å². The van der Waals surface area contributed by atoms with Gasteiger partial charge in [0.1, 0.15) is 11.2 Å². The summed E-state index contributed by atoms with van der Waals surface area (Å²) in [4.78, 5) is 13.6. The van der Waals surface area contributed by atoms with Gasteiger partial charge in [0.2, 0.25) is 0 Å². The van der Waals surface area contributed by atoms with Crippen LogP contribution in [0.5, 0.6) is 0 Å². The molecule has 1 saturated heterocycles. The maximum atomic E-state index is 14.5. The highest BCUT2D eigenvalue weighted by atomic mass is 32.2. The van der Waals surface area contributed by atoms with E-state index in [9.17, 15) is 23.1 Å². The van der Waals surface area contributed by atoms with Gasteiger partial charge in [0, 0.05) is 37.1 Å². The van der Waals surface area contributed by atoms with Crippen molar-refractivity contribution in [2.45, 2.75) is 88.8 Å². The van der Waals surface area contributed by atoms with Crippen LogP contribution in [0.1, 0.15) is 83.1 Å². The first-order valence-corrected chi connectivity index (χ1v) is 15.7. The molecule has 226 valence electrons. The van der Waals surface area contributed by atoms with E-state index in [1.165, 1.54) is 69.2 Å². The van der Waals surface area contributed by atoms with E-state index in [0.29, 0.717) is 13.2 Å². The Hall–Kier alpha value is -1.97. The van der Waals surface area contributed by atoms with Gasteiger partial charge in [-0.3, -0.25) is 0 Å². The number of allylic oxidation sites excluding steroid dienone is 2. The van der Waals surface area contributed by atoms with Crippen molar-refractivity contribution in [2.75, 3.05) is 32.1 Å². The van der Waals surface area contributed by atoms with Gasteiger partial charge in [0.25, 0.3) is 5.92 Å². The Labute approximate surface area is 242 Å². The first-order chi connectivity index (χ1) is 19.3. The number of nitrogens with zero attached hydrogens (tertiary/aromatic N) is 1. The summed E-state index contributed by atoms with van der Waals surface area (Å²) in [6.07, 6.45) is 17.5. The molecule has 1 fully saturated rings. The topological polar surface area (TPSA) is 75.8 Å². The zero-order chi connectivity index (χ0) is 29.2. The molecule has 2 unspecified atom stereocenters. The summed E-state index contributed by atoms with van der Waals surface area (Å²) in [6, 6.07) is 4.20. The first kappa shape index (κ1) is 34.2. The number of hydrogen-bond acceptors (Lipinski definition) is 5. The molecule has 0 aliphatic carbocycles. The molecule has 0 spiro atoms. The van der Waals surface area contributed by atoms with E-state index in [-0.39, 0.29) is 22.8 Å². The van der Waals surface area contributed by atoms with E-state index in [1.807, 2.05) is 11.1 Å². The predicted molar refractivity (Wildman–Crippen MR) is 158 cm³/mol. The minimum atomic E-state index is -3.11. The summed E-state index contributed by atoms with van der Waals surface area (Å²) < 4.78 is 47.4. The van der Waals surface area contributed by atoms with Gasteiger partial charge in [-0.1, -0.05) is 64.0 Å². The van der Waals surface area contributed by atoms with Crippen LogP contribution in [0.2, 0.25) is 0 Å². The van der Waals surface area contributed by atoms with Crippen LogP contribution in [-0.4, -0.2) is 53.4 Å². The number of hydrogen-bond donors (Lipinski definition) is 2. The molecule has 0 amide bonds. The fraction of sp³-hybridized carbons (Fsp3) is 0.645. The zero-order valence-electron chi connectivity index (χ0n) is 23.8. The normalized spacial score (nSPS) is 19.1. The quantitative estimate of drug-likeness (QED) is 0.194. The number of unbranched alkanes of at least 4 members (excludes halogenated alkanes) is 7. The number of carboxylic acid groups (broad SMARTS) is 1. The number of carboxylic acids is 1. The third-order valence-electron chi connectivity index (χ3n) is 7.11. The molecule has 0 saturated carbocycles. The second-order valence-corrected chi connectivity index (χ2v) is 11.7.